The Labute approximate surface area is 195 Å². The van der Waals surface area contributed by atoms with Gasteiger partial charge in [0.15, 0.2) is 5.82 Å². The molecule has 34 heavy (non-hydrogen) atoms. The minimum Gasteiger partial charge on any atom is -0.497 e. The molecule has 0 bridgehead atoms. The lowest BCUT2D eigenvalue weighted by Gasteiger charge is -2.40. The number of benzene rings is 2. The third kappa shape index (κ3) is 5.31. The van der Waals surface area contributed by atoms with Gasteiger partial charge in [0.05, 0.1) is 31.9 Å². The van der Waals surface area contributed by atoms with E-state index in [1.807, 2.05) is 29.2 Å². The van der Waals surface area contributed by atoms with Gasteiger partial charge < -0.3 is 14.4 Å². The number of anilines is 1. The number of rotatable bonds is 8. The van der Waals surface area contributed by atoms with Crippen LogP contribution >= 0.6 is 0 Å². The minimum atomic E-state index is -4.36. The van der Waals surface area contributed by atoms with E-state index in [0.29, 0.717) is 50.8 Å². The van der Waals surface area contributed by atoms with Gasteiger partial charge in [-0.15, -0.1) is 5.10 Å². The highest BCUT2D eigenvalue weighted by atomic mass is 19.4. The molecule has 0 spiro atoms. The van der Waals surface area contributed by atoms with Crippen LogP contribution in [0.3, 0.4) is 0 Å². The molecule has 1 unspecified atom stereocenters. The van der Waals surface area contributed by atoms with Crippen molar-refractivity contribution in [1.29, 1.82) is 0 Å². The van der Waals surface area contributed by atoms with Gasteiger partial charge in [-0.25, -0.2) is 4.68 Å². The Morgan fingerprint density at radius 2 is 1.74 bits per heavy atom. The van der Waals surface area contributed by atoms with E-state index in [1.54, 1.807) is 25.0 Å². The van der Waals surface area contributed by atoms with Gasteiger partial charge >= 0.3 is 6.18 Å². The van der Waals surface area contributed by atoms with Crippen LogP contribution in [0.5, 0.6) is 5.75 Å². The first-order valence-electron chi connectivity index (χ1n) is 11.0. The van der Waals surface area contributed by atoms with E-state index < -0.39 is 11.7 Å². The molecule has 1 fully saturated rings. The lowest BCUT2D eigenvalue weighted by Crippen LogP contribution is -2.48. The summed E-state index contributed by atoms with van der Waals surface area (Å²) in [5.41, 5.74) is 0.933. The Hall–Kier alpha value is -3.18. The van der Waals surface area contributed by atoms with Crippen molar-refractivity contribution in [3.63, 3.8) is 0 Å². The van der Waals surface area contributed by atoms with Crippen LogP contribution in [0.25, 0.3) is 0 Å². The van der Waals surface area contributed by atoms with E-state index in [2.05, 4.69) is 20.4 Å². The Kier molecular flexibility index (Phi) is 7.32. The van der Waals surface area contributed by atoms with Crippen molar-refractivity contribution in [3.8, 4) is 5.75 Å². The molecule has 1 aliphatic rings. The standard InChI is InChI=1S/C23H27F3N6O2/c1-33-15-14-32-22(27-28-29-32)21(17-6-8-20(34-2)9-7-17)31-12-10-30(11-13-31)19-5-3-4-18(16-19)23(24,25)26/h3-9,16,21H,10-15H2,1-2H3. The summed E-state index contributed by atoms with van der Waals surface area (Å²) in [6.45, 7) is 3.39. The number of aromatic nitrogens is 4. The minimum absolute atomic E-state index is 0.221. The number of alkyl halides is 3. The summed E-state index contributed by atoms with van der Waals surface area (Å²) in [4.78, 5) is 4.23. The Bertz CT molecular complexity index is 1070. The largest absolute Gasteiger partial charge is 0.497 e. The van der Waals surface area contributed by atoms with Gasteiger partial charge in [-0.05, 0) is 46.3 Å². The predicted octanol–water partition coefficient (Wildman–Crippen LogP) is 3.26. The zero-order valence-corrected chi connectivity index (χ0v) is 19.1. The van der Waals surface area contributed by atoms with Crippen LogP contribution in [0.15, 0.2) is 48.5 Å². The number of methoxy groups -OCH3 is 2. The van der Waals surface area contributed by atoms with Crippen molar-refractivity contribution >= 4 is 5.69 Å². The highest BCUT2D eigenvalue weighted by Gasteiger charge is 2.33. The molecule has 0 amide bonds. The Balaban J connectivity index is 1.57. The third-order valence-corrected chi connectivity index (χ3v) is 5.96. The fourth-order valence-corrected chi connectivity index (χ4v) is 4.17. The van der Waals surface area contributed by atoms with Crippen molar-refractivity contribution in [2.75, 3.05) is 51.9 Å². The molecule has 4 rings (SSSR count). The van der Waals surface area contributed by atoms with Crippen LogP contribution in [0.2, 0.25) is 0 Å². The number of ether oxygens (including phenoxy) is 2. The van der Waals surface area contributed by atoms with E-state index in [0.717, 1.165) is 17.4 Å². The maximum Gasteiger partial charge on any atom is 0.416 e. The summed E-state index contributed by atoms with van der Waals surface area (Å²) in [6.07, 6.45) is -4.36. The lowest BCUT2D eigenvalue weighted by molar-refractivity contribution is -0.137. The molecule has 11 heteroatoms. The number of nitrogens with zero attached hydrogens (tertiary/aromatic N) is 6. The summed E-state index contributed by atoms with van der Waals surface area (Å²) in [7, 11) is 3.24. The van der Waals surface area contributed by atoms with Crippen molar-refractivity contribution in [3.05, 3.63) is 65.5 Å². The second-order valence-corrected chi connectivity index (χ2v) is 8.00. The molecule has 3 aromatic rings. The molecule has 8 nitrogen and oxygen atoms in total. The maximum atomic E-state index is 13.2. The Morgan fingerprint density at radius 1 is 1.00 bits per heavy atom. The lowest BCUT2D eigenvalue weighted by atomic mass is 10.0. The molecular weight excluding hydrogens is 449 g/mol. The molecule has 0 saturated carbocycles. The number of tetrazole rings is 1. The molecule has 1 saturated heterocycles. The fourth-order valence-electron chi connectivity index (χ4n) is 4.17. The van der Waals surface area contributed by atoms with Crippen molar-refractivity contribution in [2.45, 2.75) is 18.8 Å². The second kappa shape index (κ2) is 10.4. The highest BCUT2D eigenvalue weighted by Crippen LogP contribution is 2.33. The molecule has 0 radical (unpaired) electrons. The average molecular weight is 477 g/mol. The van der Waals surface area contributed by atoms with Gasteiger partial charge in [0.2, 0.25) is 0 Å². The van der Waals surface area contributed by atoms with Gasteiger partial charge in [-0.2, -0.15) is 13.2 Å². The first-order chi connectivity index (χ1) is 16.4. The molecule has 1 aliphatic heterocycles. The first-order valence-corrected chi connectivity index (χ1v) is 11.0. The number of piperazine rings is 1. The van der Waals surface area contributed by atoms with Gasteiger partial charge in [0, 0.05) is 39.0 Å². The Morgan fingerprint density at radius 3 is 2.38 bits per heavy atom. The van der Waals surface area contributed by atoms with Gasteiger partial charge in [0.1, 0.15) is 5.75 Å². The smallest absolute Gasteiger partial charge is 0.416 e. The van der Waals surface area contributed by atoms with Gasteiger partial charge in [-0.3, -0.25) is 4.90 Å². The molecular formula is C23H27F3N6O2. The summed E-state index contributed by atoms with van der Waals surface area (Å²) >= 11 is 0. The van der Waals surface area contributed by atoms with Crippen LogP contribution in [0, 0.1) is 0 Å². The highest BCUT2D eigenvalue weighted by molar-refractivity contribution is 5.49. The molecule has 0 aliphatic carbocycles. The molecule has 2 heterocycles. The third-order valence-electron chi connectivity index (χ3n) is 5.96. The van der Waals surface area contributed by atoms with Gasteiger partial charge in [0.25, 0.3) is 0 Å². The van der Waals surface area contributed by atoms with E-state index in [9.17, 15) is 13.2 Å². The van der Waals surface area contributed by atoms with Crippen LogP contribution in [-0.4, -0.2) is 72.1 Å². The molecule has 1 atom stereocenters. The van der Waals surface area contributed by atoms with Crippen molar-refractivity contribution in [1.82, 2.24) is 25.1 Å². The zero-order chi connectivity index (χ0) is 24.1. The number of hydrogen-bond acceptors (Lipinski definition) is 7. The normalized spacial score (nSPS) is 16.0. The van der Waals surface area contributed by atoms with E-state index in [4.69, 9.17) is 9.47 Å². The number of hydrogen-bond donors (Lipinski definition) is 0. The van der Waals surface area contributed by atoms with E-state index >= 15 is 0 Å². The summed E-state index contributed by atoms with van der Waals surface area (Å²) < 4.78 is 51.7. The summed E-state index contributed by atoms with van der Waals surface area (Å²) in [5.74, 6) is 1.44. The fraction of sp³-hybridized carbons (Fsp3) is 0.435. The summed E-state index contributed by atoms with van der Waals surface area (Å²) in [5, 5.41) is 12.3. The SMILES string of the molecule is COCCn1nnnc1C(c1ccc(OC)cc1)N1CCN(c2cccc(C(F)(F)F)c2)CC1. The molecule has 2 aromatic carbocycles. The molecule has 182 valence electrons. The maximum absolute atomic E-state index is 13.2. The van der Waals surface area contributed by atoms with Crippen LogP contribution in [0.4, 0.5) is 18.9 Å². The van der Waals surface area contributed by atoms with Crippen LogP contribution in [-0.2, 0) is 17.5 Å². The summed E-state index contributed by atoms with van der Waals surface area (Å²) in [6, 6.07) is 13.0. The first kappa shape index (κ1) is 24.0. The van der Waals surface area contributed by atoms with Crippen molar-refractivity contribution in [2.24, 2.45) is 0 Å². The van der Waals surface area contributed by atoms with Gasteiger partial charge in [-0.1, -0.05) is 18.2 Å². The predicted molar refractivity (Wildman–Crippen MR) is 120 cm³/mol. The topological polar surface area (TPSA) is 68.5 Å². The second-order valence-electron chi connectivity index (χ2n) is 8.00. The molecule has 0 N–H and O–H groups in total. The number of halogens is 3. The van der Waals surface area contributed by atoms with E-state index in [1.165, 1.54) is 12.1 Å². The molecule has 1 aromatic heterocycles. The average Bonchev–Trinajstić information content (AvgIpc) is 3.31. The zero-order valence-electron chi connectivity index (χ0n) is 19.1. The van der Waals surface area contributed by atoms with Crippen LogP contribution < -0.4 is 9.64 Å². The van der Waals surface area contributed by atoms with Crippen LogP contribution in [0.1, 0.15) is 23.0 Å². The van der Waals surface area contributed by atoms with Crippen molar-refractivity contribution < 1.29 is 22.6 Å². The quantitative estimate of drug-likeness (QED) is 0.494. The monoisotopic (exact) mass is 476 g/mol. The van der Waals surface area contributed by atoms with E-state index in [-0.39, 0.29) is 6.04 Å².